The Labute approximate surface area is 113 Å². The molecule has 1 aliphatic rings. The number of hydrogen-bond donors (Lipinski definition) is 1. The van der Waals surface area contributed by atoms with Crippen LogP contribution in [0.25, 0.3) is 0 Å². The quantitative estimate of drug-likeness (QED) is 0.893. The van der Waals surface area contributed by atoms with Crippen molar-refractivity contribution in [2.45, 2.75) is 13.0 Å². The van der Waals surface area contributed by atoms with Crippen LogP contribution in [0.15, 0.2) is 36.4 Å². The fourth-order valence-corrected chi connectivity index (χ4v) is 2.57. The molecule has 1 aliphatic heterocycles. The first-order valence-electron chi connectivity index (χ1n) is 6.37. The molecular weight excluding hydrogens is 238 g/mol. The van der Waals surface area contributed by atoms with Gasteiger partial charge in [-0.1, -0.05) is 18.2 Å². The third-order valence-corrected chi connectivity index (χ3v) is 3.58. The first kappa shape index (κ1) is 11.9. The fourth-order valence-electron chi connectivity index (χ4n) is 2.57. The van der Waals surface area contributed by atoms with E-state index in [1.807, 2.05) is 6.07 Å². The zero-order valence-corrected chi connectivity index (χ0v) is 11.2. The predicted octanol–water partition coefficient (Wildman–Crippen LogP) is 3.22. The molecule has 0 radical (unpaired) electrons. The van der Waals surface area contributed by atoms with Gasteiger partial charge < -0.3 is 14.8 Å². The van der Waals surface area contributed by atoms with Crippen molar-refractivity contribution < 1.29 is 9.47 Å². The Kier molecular flexibility index (Phi) is 3.03. The first-order valence-corrected chi connectivity index (χ1v) is 6.37. The molecule has 1 heterocycles. The molecule has 0 bridgehead atoms. The van der Waals surface area contributed by atoms with Crippen LogP contribution in [0.1, 0.15) is 16.7 Å². The van der Waals surface area contributed by atoms with Crippen molar-refractivity contribution in [2.24, 2.45) is 0 Å². The SMILES string of the molecule is COc1cc2c(c(OC)c1)CNc1ccccc1C2. The molecule has 0 atom stereocenters. The van der Waals surface area contributed by atoms with Crippen LogP contribution in [0, 0.1) is 0 Å². The van der Waals surface area contributed by atoms with Crippen LogP contribution in [0.3, 0.4) is 0 Å². The lowest BCUT2D eigenvalue weighted by atomic mass is 9.99. The minimum Gasteiger partial charge on any atom is -0.497 e. The van der Waals surface area contributed by atoms with Crippen LogP contribution in [0.5, 0.6) is 11.5 Å². The lowest BCUT2D eigenvalue weighted by molar-refractivity contribution is 0.390. The maximum absolute atomic E-state index is 5.49. The zero-order valence-electron chi connectivity index (χ0n) is 11.2. The second-order valence-corrected chi connectivity index (χ2v) is 4.65. The van der Waals surface area contributed by atoms with Crippen LogP contribution < -0.4 is 14.8 Å². The van der Waals surface area contributed by atoms with E-state index >= 15 is 0 Å². The molecule has 0 spiro atoms. The Morgan fingerprint density at radius 1 is 1.00 bits per heavy atom. The van der Waals surface area contributed by atoms with Gasteiger partial charge in [-0.3, -0.25) is 0 Å². The van der Waals surface area contributed by atoms with Crippen LogP contribution in [0.2, 0.25) is 0 Å². The van der Waals surface area contributed by atoms with Gasteiger partial charge in [-0.05, 0) is 23.3 Å². The van der Waals surface area contributed by atoms with Gasteiger partial charge in [-0.15, -0.1) is 0 Å². The molecule has 0 saturated carbocycles. The van der Waals surface area contributed by atoms with Crippen molar-refractivity contribution in [1.29, 1.82) is 0 Å². The molecule has 3 rings (SSSR count). The van der Waals surface area contributed by atoms with E-state index in [-0.39, 0.29) is 0 Å². The van der Waals surface area contributed by atoms with E-state index in [4.69, 9.17) is 9.47 Å². The first-order chi connectivity index (χ1) is 9.31. The van der Waals surface area contributed by atoms with E-state index in [2.05, 4.69) is 35.6 Å². The molecule has 98 valence electrons. The molecule has 3 heteroatoms. The molecule has 0 unspecified atom stereocenters. The lowest BCUT2D eigenvalue weighted by Crippen LogP contribution is -2.02. The molecule has 0 aromatic heterocycles. The average molecular weight is 255 g/mol. The summed E-state index contributed by atoms with van der Waals surface area (Å²) < 4.78 is 10.8. The highest BCUT2D eigenvalue weighted by molar-refractivity contribution is 5.59. The van der Waals surface area contributed by atoms with Gasteiger partial charge in [0.2, 0.25) is 0 Å². The van der Waals surface area contributed by atoms with Gasteiger partial charge in [0.15, 0.2) is 0 Å². The predicted molar refractivity (Wildman–Crippen MR) is 76.1 cm³/mol. The summed E-state index contributed by atoms with van der Waals surface area (Å²) in [6, 6.07) is 12.4. The smallest absolute Gasteiger partial charge is 0.127 e. The van der Waals surface area contributed by atoms with Crippen LogP contribution in [0.4, 0.5) is 5.69 Å². The summed E-state index contributed by atoms with van der Waals surface area (Å²) in [5.74, 6) is 1.73. The third-order valence-electron chi connectivity index (χ3n) is 3.58. The standard InChI is InChI=1S/C16H17NO2/c1-18-13-8-12-7-11-5-3-4-6-15(11)17-10-14(12)16(9-13)19-2/h3-6,8-9,17H,7,10H2,1-2H3. The lowest BCUT2D eigenvalue weighted by Gasteiger charge is -2.13. The van der Waals surface area contributed by atoms with E-state index in [1.54, 1.807) is 14.2 Å². The van der Waals surface area contributed by atoms with Crippen molar-refractivity contribution in [1.82, 2.24) is 0 Å². The molecule has 19 heavy (non-hydrogen) atoms. The van der Waals surface area contributed by atoms with Gasteiger partial charge in [0.25, 0.3) is 0 Å². The highest BCUT2D eigenvalue weighted by Crippen LogP contribution is 2.34. The average Bonchev–Trinajstić information content (AvgIpc) is 2.64. The van der Waals surface area contributed by atoms with Crippen molar-refractivity contribution in [3.63, 3.8) is 0 Å². The molecule has 2 aromatic carbocycles. The van der Waals surface area contributed by atoms with Gasteiger partial charge in [-0.2, -0.15) is 0 Å². The molecule has 1 N–H and O–H groups in total. The highest BCUT2D eigenvalue weighted by Gasteiger charge is 2.17. The van der Waals surface area contributed by atoms with E-state index in [0.29, 0.717) is 0 Å². The van der Waals surface area contributed by atoms with Gasteiger partial charge in [0.05, 0.1) is 14.2 Å². The molecule has 0 fully saturated rings. The minimum atomic E-state index is 0.777. The number of ether oxygens (including phenoxy) is 2. The number of hydrogen-bond acceptors (Lipinski definition) is 3. The van der Waals surface area contributed by atoms with Gasteiger partial charge in [0.1, 0.15) is 11.5 Å². The van der Waals surface area contributed by atoms with Crippen molar-refractivity contribution in [2.75, 3.05) is 19.5 Å². The molecule has 0 amide bonds. The monoisotopic (exact) mass is 255 g/mol. The van der Waals surface area contributed by atoms with E-state index in [0.717, 1.165) is 24.5 Å². The summed E-state index contributed by atoms with van der Waals surface area (Å²) >= 11 is 0. The summed E-state index contributed by atoms with van der Waals surface area (Å²) in [6.07, 6.45) is 0.895. The zero-order chi connectivity index (χ0) is 13.2. The fraction of sp³-hybridized carbons (Fsp3) is 0.250. The third kappa shape index (κ3) is 2.12. The Morgan fingerprint density at radius 3 is 2.63 bits per heavy atom. The molecule has 0 aliphatic carbocycles. The Hall–Kier alpha value is -2.16. The second-order valence-electron chi connectivity index (χ2n) is 4.65. The van der Waals surface area contributed by atoms with Gasteiger partial charge >= 0.3 is 0 Å². The number of para-hydroxylation sites is 1. The molecule has 0 saturated heterocycles. The molecular formula is C16H17NO2. The topological polar surface area (TPSA) is 30.5 Å². The molecule has 3 nitrogen and oxygen atoms in total. The Bertz CT molecular complexity index is 608. The Morgan fingerprint density at radius 2 is 1.84 bits per heavy atom. The van der Waals surface area contributed by atoms with Crippen molar-refractivity contribution >= 4 is 5.69 Å². The summed E-state index contributed by atoms with van der Waals surface area (Å²) in [5, 5.41) is 3.47. The number of methoxy groups -OCH3 is 2. The van der Waals surface area contributed by atoms with E-state index < -0.39 is 0 Å². The minimum absolute atomic E-state index is 0.777. The number of nitrogens with one attached hydrogen (secondary N) is 1. The van der Waals surface area contributed by atoms with Crippen molar-refractivity contribution in [3.05, 3.63) is 53.1 Å². The van der Waals surface area contributed by atoms with E-state index in [1.165, 1.54) is 22.4 Å². The summed E-state index contributed by atoms with van der Waals surface area (Å²) in [6.45, 7) is 0.777. The van der Waals surface area contributed by atoms with Gasteiger partial charge in [0, 0.05) is 30.3 Å². The normalized spacial score (nSPS) is 12.7. The van der Waals surface area contributed by atoms with Crippen LogP contribution >= 0.6 is 0 Å². The number of benzene rings is 2. The van der Waals surface area contributed by atoms with Crippen LogP contribution in [-0.4, -0.2) is 14.2 Å². The summed E-state index contributed by atoms with van der Waals surface area (Å²) in [4.78, 5) is 0. The maximum Gasteiger partial charge on any atom is 0.127 e. The molecule has 2 aromatic rings. The Balaban J connectivity index is 2.11. The van der Waals surface area contributed by atoms with Gasteiger partial charge in [-0.25, -0.2) is 0 Å². The highest BCUT2D eigenvalue weighted by atomic mass is 16.5. The summed E-state index contributed by atoms with van der Waals surface area (Å²) in [7, 11) is 3.39. The van der Waals surface area contributed by atoms with Crippen LogP contribution in [-0.2, 0) is 13.0 Å². The van der Waals surface area contributed by atoms with Crippen molar-refractivity contribution in [3.8, 4) is 11.5 Å². The summed E-state index contributed by atoms with van der Waals surface area (Å²) in [5.41, 5.74) is 4.96. The number of anilines is 1. The maximum atomic E-state index is 5.49. The number of rotatable bonds is 2. The largest absolute Gasteiger partial charge is 0.497 e. The second kappa shape index (κ2) is 4.84. The number of fused-ring (bicyclic) bond motifs is 2. The van der Waals surface area contributed by atoms with E-state index in [9.17, 15) is 0 Å².